The number of anilines is 1. The topological polar surface area (TPSA) is 222 Å². The van der Waals surface area contributed by atoms with Crippen LogP contribution in [-0.4, -0.2) is 80.7 Å². The largest absolute Gasteiger partial charge is 0.387 e. The fourth-order valence-electron chi connectivity index (χ4n) is 3.72. The number of aliphatic hydroxyl groups excluding tert-OH is 2. The van der Waals surface area contributed by atoms with Gasteiger partial charge in [0.2, 0.25) is 5.28 Å². The van der Waals surface area contributed by atoms with E-state index >= 15 is 0 Å². The van der Waals surface area contributed by atoms with Crippen molar-refractivity contribution in [2.24, 2.45) is 0 Å². The number of hydrogen-bond acceptors (Lipinski definition) is 11. The van der Waals surface area contributed by atoms with E-state index in [1.165, 1.54) is 0 Å². The maximum absolute atomic E-state index is 11.9. The van der Waals surface area contributed by atoms with Crippen molar-refractivity contribution in [3.8, 4) is 0 Å². The SMILES string of the molecule is C[C@H](Nc1nc(Cl)nc2c1nnn2[C@@H]1O[C@H](COP(=O)(O)CP(=O)(O)O)[C@@H](O)[C@H]1O)c1ccccc1Cl. The Bertz CT molecular complexity index is 1390. The highest BCUT2D eigenvalue weighted by Crippen LogP contribution is 2.55. The van der Waals surface area contributed by atoms with E-state index in [0.29, 0.717) is 5.02 Å². The number of nitrogens with one attached hydrogen (secondary N) is 1. The minimum Gasteiger partial charge on any atom is -0.387 e. The molecule has 6 N–H and O–H groups in total. The zero-order valence-electron chi connectivity index (χ0n) is 18.9. The lowest BCUT2D eigenvalue weighted by Crippen LogP contribution is -2.33. The predicted molar refractivity (Wildman–Crippen MR) is 130 cm³/mol. The average Bonchev–Trinajstić information content (AvgIpc) is 3.32. The van der Waals surface area contributed by atoms with Gasteiger partial charge in [-0.05, 0) is 30.2 Å². The summed E-state index contributed by atoms with van der Waals surface area (Å²) in [6.45, 7) is 1.08. The van der Waals surface area contributed by atoms with Crippen molar-refractivity contribution in [2.45, 2.75) is 37.5 Å². The van der Waals surface area contributed by atoms with Crippen LogP contribution in [0.2, 0.25) is 10.3 Å². The molecule has 0 spiro atoms. The van der Waals surface area contributed by atoms with Crippen molar-refractivity contribution in [1.29, 1.82) is 0 Å². The van der Waals surface area contributed by atoms with E-state index in [1.807, 2.05) is 19.1 Å². The number of nitrogens with zero attached hydrogens (tertiary/aromatic N) is 5. The molecule has 0 aliphatic carbocycles. The monoisotopic (exact) mass is 598 g/mol. The molecule has 0 radical (unpaired) electrons. The van der Waals surface area contributed by atoms with E-state index in [2.05, 4.69) is 25.6 Å². The number of halogens is 2. The Balaban J connectivity index is 1.56. The van der Waals surface area contributed by atoms with Gasteiger partial charge in [-0.1, -0.05) is 35.0 Å². The molecule has 3 aromatic rings. The minimum absolute atomic E-state index is 0.0426. The van der Waals surface area contributed by atoms with Gasteiger partial charge in [0.1, 0.15) is 18.3 Å². The molecular weight excluding hydrogens is 577 g/mol. The minimum atomic E-state index is -4.85. The number of aromatic nitrogens is 5. The fraction of sp³-hybridized carbons (Fsp3) is 0.444. The number of fused-ring (bicyclic) bond motifs is 1. The van der Waals surface area contributed by atoms with Gasteiger partial charge < -0.3 is 39.5 Å². The molecule has 0 amide bonds. The average molecular weight is 599 g/mol. The molecule has 1 fully saturated rings. The van der Waals surface area contributed by atoms with Crippen LogP contribution < -0.4 is 5.32 Å². The van der Waals surface area contributed by atoms with Crippen molar-refractivity contribution in [2.75, 3.05) is 17.8 Å². The smallest absolute Gasteiger partial charge is 0.340 e. The van der Waals surface area contributed by atoms with Crippen LogP contribution in [0.5, 0.6) is 0 Å². The van der Waals surface area contributed by atoms with Crippen LogP contribution in [0.25, 0.3) is 11.2 Å². The van der Waals surface area contributed by atoms with Crippen LogP contribution in [0.15, 0.2) is 24.3 Å². The second-order valence-corrected chi connectivity index (χ2v) is 13.0. The summed E-state index contributed by atoms with van der Waals surface area (Å²) in [7, 11) is -9.56. The third kappa shape index (κ3) is 6.47. The first-order chi connectivity index (χ1) is 17.3. The van der Waals surface area contributed by atoms with Crippen molar-refractivity contribution < 1.29 is 43.3 Å². The molecule has 2 aromatic heterocycles. The zero-order valence-corrected chi connectivity index (χ0v) is 22.2. The molecule has 1 aliphatic rings. The highest BCUT2D eigenvalue weighted by molar-refractivity contribution is 7.70. The third-order valence-electron chi connectivity index (χ3n) is 5.40. The van der Waals surface area contributed by atoms with Crippen LogP contribution in [0, 0.1) is 0 Å². The molecule has 19 heteroatoms. The Morgan fingerprint density at radius 3 is 2.54 bits per heavy atom. The van der Waals surface area contributed by atoms with Gasteiger partial charge in [0.05, 0.1) is 12.6 Å². The summed E-state index contributed by atoms with van der Waals surface area (Å²) < 4.78 is 34.3. The van der Waals surface area contributed by atoms with Gasteiger partial charge in [-0.25, -0.2) is 0 Å². The van der Waals surface area contributed by atoms with Crippen LogP contribution in [0.3, 0.4) is 0 Å². The zero-order chi connectivity index (χ0) is 27.1. The summed E-state index contributed by atoms with van der Waals surface area (Å²) in [5, 5.41) is 32.4. The molecule has 0 saturated carbocycles. The summed E-state index contributed by atoms with van der Waals surface area (Å²) in [6.07, 6.45) is -5.94. The molecule has 1 aromatic carbocycles. The summed E-state index contributed by atoms with van der Waals surface area (Å²) in [4.78, 5) is 35.7. The van der Waals surface area contributed by atoms with Crippen molar-refractivity contribution in [1.82, 2.24) is 25.0 Å². The number of ether oxygens (including phenoxy) is 1. The van der Waals surface area contributed by atoms with Crippen LogP contribution in [0.1, 0.15) is 24.8 Å². The van der Waals surface area contributed by atoms with Crippen LogP contribution in [0.4, 0.5) is 5.82 Å². The lowest BCUT2D eigenvalue weighted by Gasteiger charge is -2.18. The number of benzene rings is 1. The second-order valence-electron chi connectivity index (χ2n) is 8.22. The predicted octanol–water partition coefficient (Wildman–Crippen LogP) is 1.66. The Hall–Kier alpha value is -1.74. The van der Waals surface area contributed by atoms with Crippen molar-refractivity contribution >= 4 is 55.4 Å². The summed E-state index contributed by atoms with van der Waals surface area (Å²) >= 11 is 12.4. The van der Waals surface area contributed by atoms with E-state index < -0.39 is 52.2 Å². The third-order valence-corrected chi connectivity index (χ3v) is 9.37. The van der Waals surface area contributed by atoms with Crippen LogP contribution in [-0.2, 0) is 18.4 Å². The number of hydrogen-bond donors (Lipinski definition) is 6. The highest BCUT2D eigenvalue weighted by atomic mass is 35.5. The van der Waals surface area contributed by atoms with E-state index in [0.717, 1.165) is 10.2 Å². The lowest BCUT2D eigenvalue weighted by atomic mass is 10.1. The van der Waals surface area contributed by atoms with Crippen molar-refractivity contribution in [3.05, 3.63) is 40.1 Å². The second kappa shape index (κ2) is 10.8. The molecule has 0 bridgehead atoms. The van der Waals surface area contributed by atoms with E-state index in [4.69, 9.17) is 42.2 Å². The Kier molecular flexibility index (Phi) is 8.25. The molecule has 1 aliphatic heterocycles. The molecular formula is C18H22Cl2N6O9P2. The number of rotatable bonds is 9. The summed E-state index contributed by atoms with van der Waals surface area (Å²) in [5.74, 6) is -1.21. The van der Waals surface area contributed by atoms with Gasteiger partial charge in [0.15, 0.2) is 29.1 Å². The van der Waals surface area contributed by atoms with Gasteiger partial charge in [-0.3, -0.25) is 9.13 Å². The standard InChI is InChI=1S/C18H22Cl2N6O9P2/c1-8(9-4-2-3-5-10(9)19)21-15-12-16(23-18(20)22-15)26(25-24-12)17-14(28)13(27)11(35-17)6-34-37(32,33)7-36(29,30)31/h2-5,8,11,13-14,17,27-28H,6-7H2,1H3,(H,32,33)(H,21,22,23)(H2,29,30,31)/t8-,11+,13+,14+,17+/m0/s1. The normalized spacial score (nSPS) is 24.8. The number of aliphatic hydroxyl groups is 2. The molecule has 1 saturated heterocycles. The van der Waals surface area contributed by atoms with Crippen LogP contribution >= 0.6 is 38.4 Å². The summed E-state index contributed by atoms with van der Waals surface area (Å²) in [6, 6.07) is 6.85. The van der Waals surface area contributed by atoms with E-state index in [1.54, 1.807) is 12.1 Å². The van der Waals surface area contributed by atoms with Gasteiger partial charge >= 0.3 is 15.2 Å². The van der Waals surface area contributed by atoms with Gasteiger partial charge in [0.25, 0.3) is 0 Å². The molecule has 6 atom stereocenters. The lowest BCUT2D eigenvalue weighted by molar-refractivity contribution is -0.0549. The molecule has 37 heavy (non-hydrogen) atoms. The van der Waals surface area contributed by atoms with Crippen molar-refractivity contribution in [3.63, 3.8) is 0 Å². The van der Waals surface area contributed by atoms with E-state index in [-0.39, 0.29) is 28.3 Å². The fourth-order valence-corrected chi connectivity index (χ4v) is 6.75. The highest BCUT2D eigenvalue weighted by Gasteiger charge is 2.46. The Morgan fingerprint density at radius 1 is 1.16 bits per heavy atom. The molecule has 3 heterocycles. The Morgan fingerprint density at radius 2 is 1.86 bits per heavy atom. The molecule has 202 valence electrons. The van der Waals surface area contributed by atoms with Gasteiger partial charge in [0, 0.05) is 5.02 Å². The first-order valence-corrected chi connectivity index (χ1v) is 14.9. The van der Waals surface area contributed by atoms with E-state index in [9.17, 15) is 24.2 Å². The summed E-state index contributed by atoms with van der Waals surface area (Å²) in [5.41, 5.74) is 0.982. The Labute approximate surface area is 219 Å². The molecule has 4 rings (SSSR count). The van der Waals surface area contributed by atoms with Gasteiger partial charge in [-0.2, -0.15) is 14.6 Å². The first-order valence-electron chi connectivity index (χ1n) is 10.6. The first kappa shape index (κ1) is 28.3. The maximum atomic E-state index is 11.9. The van der Waals surface area contributed by atoms with Gasteiger partial charge in [-0.15, -0.1) is 5.10 Å². The maximum Gasteiger partial charge on any atom is 0.340 e. The molecule has 1 unspecified atom stereocenters. The quantitative estimate of drug-likeness (QED) is 0.152. The molecule has 15 nitrogen and oxygen atoms in total.